The highest BCUT2D eigenvalue weighted by atomic mass is 19.4. The fourth-order valence-corrected chi connectivity index (χ4v) is 2.90. The minimum Gasteiger partial charge on any atom is -0.378 e. The standard InChI is InChI=1S/C18H17F3N6O/c19-18(20,21)16-10-14(22-17(23-16)26-6-8-28-9-7-26)11-27-12-15(24-25-27)13-4-2-1-3-5-13/h1-5,10,12H,6-9,11H2. The lowest BCUT2D eigenvalue weighted by molar-refractivity contribution is -0.141. The van der Waals surface area contributed by atoms with E-state index in [0.29, 0.717) is 32.0 Å². The molecule has 1 saturated heterocycles. The summed E-state index contributed by atoms with van der Waals surface area (Å²) in [5.41, 5.74) is 0.760. The van der Waals surface area contributed by atoms with Gasteiger partial charge >= 0.3 is 6.18 Å². The van der Waals surface area contributed by atoms with Crippen molar-refractivity contribution < 1.29 is 17.9 Å². The zero-order valence-electron chi connectivity index (χ0n) is 14.8. The maximum absolute atomic E-state index is 13.3. The number of ether oxygens (including phenoxy) is 1. The van der Waals surface area contributed by atoms with Crippen molar-refractivity contribution in [3.8, 4) is 11.3 Å². The third-order valence-corrected chi connectivity index (χ3v) is 4.28. The van der Waals surface area contributed by atoms with Crippen LogP contribution in [0.4, 0.5) is 19.1 Å². The van der Waals surface area contributed by atoms with Crippen LogP contribution in [0.25, 0.3) is 11.3 Å². The SMILES string of the molecule is FC(F)(F)c1cc(Cn2cc(-c3ccccc3)nn2)nc(N2CCOCC2)n1. The molecule has 0 atom stereocenters. The van der Waals surface area contributed by atoms with Gasteiger partial charge in [-0.3, -0.25) is 0 Å². The number of halogens is 3. The number of aromatic nitrogens is 5. The second-order valence-corrected chi connectivity index (χ2v) is 6.31. The molecule has 0 saturated carbocycles. The van der Waals surface area contributed by atoms with Gasteiger partial charge in [0.15, 0.2) is 0 Å². The predicted octanol–water partition coefficient (Wildman–Crippen LogP) is 2.64. The molecule has 146 valence electrons. The van der Waals surface area contributed by atoms with Crippen LogP contribution in [0, 0.1) is 0 Å². The normalized spacial score (nSPS) is 15.0. The van der Waals surface area contributed by atoms with Crippen molar-refractivity contribution in [1.82, 2.24) is 25.0 Å². The van der Waals surface area contributed by atoms with Crippen molar-refractivity contribution in [2.24, 2.45) is 0 Å². The van der Waals surface area contributed by atoms with Crippen molar-refractivity contribution in [2.75, 3.05) is 31.2 Å². The van der Waals surface area contributed by atoms with E-state index in [1.54, 1.807) is 11.1 Å². The molecule has 0 unspecified atom stereocenters. The van der Waals surface area contributed by atoms with Crippen molar-refractivity contribution in [2.45, 2.75) is 12.7 Å². The lowest BCUT2D eigenvalue weighted by atomic mass is 10.2. The fourth-order valence-electron chi connectivity index (χ4n) is 2.90. The van der Waals surface area contributed by atoms with Gasteiger partial charge in [0.25, 0.3) is 0 Å². The first-order valence-corrected chi connectivity index (χ1v) is 8.72. The van der Waals surface area contributed by atoms with E-state index >= 15 is 0 Å². The van der Waals surface area contributed by atoms with E-state index in [1.165, 1.54) is 4.68 Å². The monoisotopic (exact) mass is 390 g/mol. The molecule has 1 aromatic carbocycles. The van der Waals surface area contributed by atoms with Crippen molar-refractivity contribution in [1.29, 1.82) is 0 Å². The number of hydrogen-bond acceptors (Lipinski definition) is 6. The van der Waals surface area contributed by atoms with E-state index < -0.39 is 11.9 Å². The van der Waals surface area contributed by atoms with Crippen LogP contribution in [0.1, 0.15) is 11.4 Å². The highest BCUT2D eigenvalue weighted by Gasteiger charge is 2.34. The molecule has 0 N–H and O–H groups in total. The van der Waals surface area contributed by atoms with Crippen LogP contribution in [0.15, 0.2) is 42.6 Å². The summed E-state index contributed by atoms with van der Waals surface area (Å²) in [5, 5.41) is 8.10. The van der Waals surface area contributed by atoms with Gasteiger partial charge in [0.05, 0.1) is 31.6 Å². The van der Waals surface area contributed by atoms with Crippen LogP contribution in [0.5, 0.6) is 0 Å². The average Bonchev–Trinajstić information content (AvgIpc) is 3.17. The zero-order chi connectivity index (χ0) is 19.6. The lowest BCUT2D eigenvalue weighted by Crippen LogP contribution is -2.38. The molecule has 0 amide bonds. The molecule has 1 aliphatic rings. The Balaban J connectivity index is 1.62. The van der Waals surface area contributed by atoms with Gasteiger partial charge in [-0.15, -0.1) is 5.10 Å². The molecule has 28 heavy (non-hydrogen) atoms. The van der Waals surface area contributed by atoms with E-state index in [2.05, 4.69) is 20.3 Å². The van der Waals surface area contributed by atoms with Gasteiger partial charge in [-0.2, -0.15) is 13.2 Å². The van der Waals surface area contributed by atoms with Gasteiger partial charge in [0.2, 0.25) is 5.95 Å². The Bertz CT molecular complexity index is 938. The van der Waals surface area contributed by atoms with Gasteiger partial charge in [-0.05, 0) is 6.07 Å². The average molecular weight is 390 g/mol. The summed E-state index contributed by atoms with van der Waals surface area (Å²) >= 11 is 0. The molecule has 1 fully saturated rings. The highest BCUT2D eigenvalue weighted by Crippen LogP contribution is 2.29. The van der Waals surface area contributed by atoms with E-state index in [0.717, 1.165) is 11.6 Å². The molecule has 2 aromatic heterocycles. The minimum atomic E-state index is -4.56. The molecular formula is C18H17F3N6O. The van der Waals surface area contributed by atoms with Crippen LogP contribution >= 0.6 is 0 Å². The summed E-state index contributed by atoms with van der Waals surface area (Å²) in [6, 6.07) is 10.4. The van der Waals surface area contributed by atoms with Crippen molar-refractivity contribution >= 4 is 5.95 Å². The Morgan fingerprint density at radius 2 is 1.79 bits per heavy atom. The van der Waals surface area contributed by atoms with E-state index in [1.807, 2.05) is 30.3 Å². The van der Waals surface area contributed by atoms with Gasteiger partial charge in [0, 0.05) is 18.7 Å². The van der Waals surface area contributed by atoms with Gasteiger partial charge in [-0.25, -0.2) is 14.6 Å². The topological polar surface area (TPSA) is 69.0 Å². The quantitative estimate of drug-likeness (QED) is 0.682. The summed E-state index contributed by atoms with van der Waals surface area (Å²) in [4.78, 5) is 9.72. The molecule has 4 rings (SSSR count). The highest BCUT2D eigenvalue weighted by molar-refractivity contribution is 5.57. The molecule has 0 bridgehead atoms. The second-order valence-electron chi connectivity index (χ2n) is 6.31. The minimum absolute atomic E-state index is 0.0523. The van der Waals surface area contributed by atoms with Crippen LogP contribution < -0.4 is 4.90 Å². The largest absolute Gasteiger partial charge is 0.433 e. The lowest BCUT2D eigenvalue weighted by Gasteiger charge is -2.27. The predicted molar refractivity (Wildman–Crippen MR) is 94.6 cm³/mol. The molecule has 7 nitrogen and oxygen atoms in total. The zero-order valence-corrected chi connectivity index (χ0v) is 14.8. The summed E-state index contributed by atoms with van der Waals surface area (Å²) < 4.78 is 46.6. The van der Waals surface area contributed by atoms with E-state index in [9.17, 15) is 13.2 Å². The number of morpholine rings is 1. The number of benzene rings is 1. The third-order valence-electron chi connectivity index (χ3n) is 4.28. The fraction of sp³-hybridized carbons (Fsp3) is 0.333. The molecular weight excluding hydrogens is 373 g/mol. The number of rotatable bonds is 4. The molecule has 0 radical (unpaired) electrons. The number of nitrogens with zero attached hydrogens (tertiary/aromatic N) is 6. The first-order valence-electron chi connectivity index (χ1n) is 8.72. The number of anilines is 1. The summed E-state index contributed by atoms with van der Waals surface area (Å²) in [6.45, 7) is 1.81. The van der Waals surface area contributed by atoms with Gasteiger partial charge in [-0.1, -0.05) is 35.5 Å². The summed E-state index contributed by atoms with van der Waals surface area (Å²) in [5.74, 6) is 0.0523. The molecule has 3 aromatic rings. The van der Waals surface area contributed by atoms with Gasteiger partial charge in [0.1, 0.15) is 11.4 Å². The van der Waals surface area contributed by atoms with E-state index in [4.69, 9.17) is 4.74 Å². The maximum Gasteiger partial charge on any atom is 0.433 e. The van der Waals surface area contributed by atoms with Gasteiger partial charge < -0.3 is 9.64 Å². The Morgan fingerprint density at radius 3 is 2.50 bits per heavy atom. The molecule has 10 heteroatoms. The van der Waals surface area contributed by atoms with Crippen LogP contribution in [-0.4, -0.2) is 51.3 Å². The first kappa shape index (κ1) is 18.4. The van der Waals surface area contributed by atoms with E-state index in [-0.39, 0.29) is 18.2 Å². The first-order chi connectivity index (χ1) is 13.5. The smallest absolute Gasteiger partial charge is 0.378 e. The summed E-state index contributed by atoms with van der Waals surface area (Å²) in [7, 11) is 0. The summed E-state index contributed by atoms with van der Waals surface area (Å²) in [6.07, 6.45) is -2.88. The molecule has 1 aliphatic heterocycles. The van der Waals surface area contributed by atoms with Crippen molar-refractivity contribution in [3.63, 3.8) is 0 Å². The van der Waals surface area contributed by atoms with Crippen LogP contribution in [-0.2, 0) is 17.5 Å². The second kappa shape index (κ2) is 7.55. The number of alkyl halides is 3. The Kier molecular flexibility index (Phi) is 4.95. The van der Waals surface area contributed by atoms with Crippen LogP contribution in [0.2, 0.25) is 0 Å². The Morgan fingerprint density at radius 1 is 1.04 bits per heavy atom. The molecule has 3 heterocycles. The molecule has 0 aliphatic carbocycles. The number of hydrogen-bond donors (Lipinski definition) is 0. The third kappa shape index (κ3) is 4.11. The van der Waals surface area contributed by atoms with Crippen LogP contribution in [0.3, 0.4) is 0 Å². The maximum atomic E-state index is 13.3. The molecule has 0 spiro atoms. The Labute approximate surface area is 158 Å². The Hall–Kier alpha value is -3.01. The van der Waals surface area contributed by atoms with Crippen molar-refractivity contribution in [3.05, 3.63) is 54.0 Å².